The first kappa shape index (κ1) is 24.1. The summed E-state index contributed by atoms with van der Waals surface area (Å²) in [5, 5.41) is 10.8. The summed E-state index contributed by atoms with van der Waals surface area (Å²) < 4.78 is 0.693. The molecule has 166 valence electrons. The summed E-state index contributed by atoms with van der Waals surface area (Å²) in [5.41, 5.74) is 2.45. The van der Waals surface area contributed by atoms with Crippen LogP contribution in [0.15, 0.2) is 52.2 Å². The van der Waals surface area contributed by atoms with E-state index in [9.17, 15) is 14.4 Å². The lowest BCUT2D eigenvalue weighted by molar-refractivity contribution is -0.116. The van der Waals surface area contributed by atoms with Crippen LogP contribution < -0.4 is 16.0 Å². The fourth-order valence-electron chi connectivity index (χ4n) is 2.54. The van der Waals surface area contributed by atoms with E-state index in [0.29, 0.717) is 37.1 Å². The zero-order valence-electron chi connectivity index (χ0n) is 16.8. The molecule has 3 rings (SSSR count). The largest absolute Gasteiger partial charge is 0.326 e. The molecule has 3 amide bonds. The third-order valence-electron chi connectivity index (χ3n) is 3.89. The Morgan fingerprint density at radius 2 is 1.53 bits per heavy atom. The Hall–Kier alpha value is -2.59. The van der Waals surface area contributed by atoms with Crippen LogP contribution in [0.3, 0.4) is 0 Å². The van der Waals surface area contributed by atoms with Crippen molar-refractivity contribution in [1.29, 1.82) is 0 Å². The molecule has 0 saturated heterocycles. The van der Waals surface area contributed by atoms with E-state index in [1.165, 1.54) is 30.0 Å². The van der Waals surface area contributed by atoms with Gasteiger partial charge < -0.3 is 16.0 Å². The molecule has 0 aliphatic carbocycles. The molecule has 11 heteroatoms. The first-order valence-corrected chi connectivity index (χ1v) is 11.9. The molecular weight excluding hydrogens is 491 g/mol. The van der Waals surface area contributed by atoms with Crippen molar-refractivity contribution in [2.75, 3.05) is 21.7 Å². The Kier molecular flexibility index (Phi) is 8.52. The molecule has 7 nitrogen and oxygen atoms in total. The fraction of sp³-hybridized carbons (Fsp3) is 0.143. The molecule has 2 aromatic carbocycles. The molecule has 32 heavy (non-hydrogen) atoms. The fourth-order valence-corrected chi connectivity index (χ4v) is 4.49. The first-order valence-electron chi connectivity index (χ1n) is 9.28. The molecule has 0 unspecified atom stereocenters. The molecule has 1 heterocycles. The monoisotopic (exact) mass is 508 g/mol. The highest BCUT2D eigenvalue weighted by molar-refractivity contribution is 8.01. The summed E-state index contributed by atoms with van der Waals surface area (Å²) in [6, 6.07) is 11.7. The van der Waals surface area contributed by atoms with Gasteiger partial charge in [-0.3, -0.25) is 14.4 Å². The summed E-state index contributed by atoms with van der Waals surface area (Å²) >= 11 is 14.5. The van der Waals surface area contributed by atoms with E-state index in [1.807, 2.05) is 0 Å². The van der Waals surface area contributed by atoms with Gasteiger partial charge in [0.05, 0.1) is 27.9 Å². The van der Waals surface area contributed by atoms with Crippen LogP contribution in [0.25, 0.3) is 0 Å². The van der Waals surface area contributed by atoms with Crippen molar-refractivity contribution in [3.63, 3.8) is 0 Å². The van der Waals surface area contributed by atoms with Crippen molar-refractivity contribution >= 4 is 81.1 Å². The number of carbonyl (C=O) groups is 3. The summed E-state index contributed by atoms with van der Waals surface area (Å²) in [5.74, 6) is -0.398. The molecular formula is C21H18Cl2N4O3S2. The van der Waals surface area contributed by atoms with E-state index in [0.717, 1.165) is 0 Å². The van der Waals surface area contributed by atoms with E-state index in [2.05, 4.69) is 20.9 Å². The third-order valence-corrected chi connectivity index (χ3v) is 6.70. The van der Waals surface area contributed by atoms with Gasteiger partial charge in [-0.1, -0.05) is 35.0 Å². The minimum absolute atomic E-state index is 0.101. The summed E-state index contributed by atoms with van der Waals surface area (Å²) in [7, 11) is 0. The van der Waals surface area contributed by atoms with Crippen molar-refractivity contribution in [1.82, 2.24) is 4.98 Å². The van der Waals surface area contributed by atoms with Gasteiger partial charge in [0.25, 0.3) is 0 Å². The minimum atomic E-state index is -0.231. The standard InChI is InChI=1S/C21H18Cl2N4O3S2/c1-12(28)24-13-2-4-14(5-3-13)25-20(30)11-32-21-27-16(10-31-21)9-19(29)26-15-6-7-17(22)18(23)8-15/h2-8,10H,9,11H2,1H3,(H,24,28)(H,25,30)(H,26,29). The molecule has 0 fully saturated rings. The van der Waals surface area contributed by atoms with Crippen LogP contribution in [0.4, 0.5) is 17.1 Å². The lowest BCUT2D eigenvalue weighted by atomic mass is 10.3. The second-order valence-electron chi connectivity index (χ2n) is 6.55. The number of carbonyl (C=O) groups excluding carboxylic acids is 3. The molecule has 0 spiro atoms. The lowest BCUT2D eigenvalue weighted by Crippen LogP contribution is -2.15. The Bertz CT molecular complexity index is 1140. The molecule has 0 saturated carbocycles. The van der Waals surface area contributed by atoms with Gasteiger partial charge in [-0.2, -0.15) is 0 Å². The zero-order valence-corrected chi connectivity index (χ0v) is 19.9. The van der Waals surface area contributed by atoms with Crippen molar-refractivity contribution in [2.45, 2.75) is 17.7 Å². The normalized spacial score (nSPS) is 10.5. The highest BCUT2D eigenvalue weighted by atomic mass is 35.5. The van der Waals surface area contributed by atoms with E-state index >= 15 is 0 Å². The zero-order chi connectivity index (χ0) is 23.1. The number of hydrogen-bond donors (Lipinski definition) is 3. The summed E-state index contributed by atoms with van der Waals surface area (Å²) in [4.78, 5) is 39.8. The Labute approximate surface area is 202 Å². The average Bonchev–Trinajstić information content (AvgIpc) is 3.17. The second-order valence-corrected chi connectivity index (χ2v) is 9.45. The number of aromatic nitrogens is 1. The predicted molar refractivity (Wildman–Crippen MR) is 131 cm³/mol. The van der Waals surface area contributed by atoms with E-state index in [1.54, 1.807) is 47.8 Å². The van der Waals surface area contributed by atoms with Gasteiger partial charge in [0.15, 0.2) is 4.34 Å². The quantitative estimate of drug-likeness (QED) is 0.357. The van der Waals surface area contributed by atoms with Crippen molar-refractivity contribution in [3.8, 4) is 0 Å². The molecule has 1 aromatic heterocycles. The minimum Gasteiger partial charge on any atom is -0.326 e. The van der Waals surface area contributed by atoms with E-state index < -0.39 is 0 Å². The van der Waals surface area contributed by atoms with Crippen LogP contribution >= 0.6 is 46.3 Å². The van der Waals surface area contributed by atoms with Crippen molar-refractivity contribution in [2.24, 2.45) is 0 Å². The average molecular weight is 509 g/mol. The number of anilines is 3. The summed E-state index contributed by atoms with van der Waals surface area (Å²) in [6.45, 7) is 1.43. The van der Waals surface area contributed by atoms with E-state index in [-0.39, 0.29) is 29.9 Å². The number of rotatable bonds is 8. The van der Waals surface area contributed by atoms with Crippen LogP contribution in [0.5, 0.6) is 0 Å². The summed E-state index contributed by atoms with van der Waals surface area (Å²) in [6.07, 6.45) is 0.101. The number of amides is 3. The highest BCUT2D eigenvalue weighted by Crippen LogP contribution is 2.26. The van der Waals surface area contributed by atoms with E-state index in [4.69, 9.17) is 23.2 Å². The van der Waals surface area contributed by atoms with Crippen molar-refractivity contribution in [3.05, 3.63) is 63.6 Å². The van der Waals surface area contributed by atoms with Crippen molar-refractivity contribution < 1.29 is 14.4 Å². The van der Waals surface area contributed by atoms with Gasteiger partial charge in [0, 0.05) is 29.4 Å². The number of nitrogens with zero attached hydrogens (tertiary/aromatic N) is 1. The number of halogens is 2. The second kappa shape index (κ2) is 11.3. The number of thioether (sulfide) groups is 1. The number of thiazole rings is 1. The van der Waals surface area contributed by atoms with Gasteiger partial charge in [-0.05, 0) is 42.5 Å². The molecule has 0 radical (unpaired) electrons. The van der Waals surface area contributed by atoms with Gasteiger partial charge in [-0.15, -0.1) is 11.3 Å². The Balaban J connectivity index is 1.45. The lowest BCUT2D eigenvalue weighted by Gasteiger charge is -2.06. The van der Waals surface area contributed by atoms with Gasteiger partial charge >= 0.3 is 0 Å². The predicted octanol–water partition coefficient (Wildman–Crippen LogP) is 5.32. The number of hydrogen-bond acceptors (Lipinski definition) is 6. The van der Waals surface area contributed by atoms with Gasteiger partial charge in [-0.25, -0.2) is 4.98 Å². The van der Waals surface area contributed by atoms with Gasteiger partial charge in [0.2, 0.25) is 17.7 Å². The maximum Gasteiger partial charge on any atom is 0.234 e. The molecule has 0 atom stereocenters. The van der Waals surface area contributed by atoms with Gasteiger partial charge in [0.1, 0.15) is 0 Å². The number of nitrogens with one attached hydrogen (secondary N) is 3. The third kappa shape index (κ3) is 7.52. The highest BCUT2D eigenvalue weighted by Gasteiger charge is 2.11. The molecule has 0 bridgehead atoms. The van der Waals surface area contributed by atoms with Crippen LogP contribution in [0.1, 0.15) is 12.6 Å². The SMILES string of the molecule is CC(=O)Nc1ccc(NC(=O)CSc2nc(CC(=O)Nc3ccc(Cl)c(Cl)c3)cs2)cc1. The Morgan fingerprint density at radius 1 is 0.906 bits per heavy atom. The van der Waals surface area contributed by atoms with Crippen LogP contribution in [-0.4, -0.2) is 28.5 Å². The molecule has 3 aromatic rings. The molecule has 3 N–H and O–H groups in total. The maximum absolute atomic E-state index is 12.2. The van der Waals surface area contributed by atoms with Crippen LogP contribution in [-0.2, 0) is 20.8 Å². The first-order chi connectivity index (χ1) is 15.3. The molecule has 0 aliphatic rings. The smallest absolute Gasteiger partial charge is 0.234 e. The number of benzene rings is 2. The molecule has 0 aliphatic heterocycles. The van der Waals surface area contributed by atoms with Crippen LogP contribution in [0, 0.1) is 0 Å². The topological polar surface area (TPSA) is 100 Å². The maximum atomic E-state index is 12.2. The van der Waals surface area contributed by atoms with Crippen LogP contribution in [0.2, 0.25) is 10.0 Å². The Morgan fingerprint density at radius 3 is 2.19 bits per heavy atom.